The van der Waals surface area contributed by atoms with E-state index in [-0.39, 0.29) is 0 Å². The zero-order valence-corrected chi connectivity index (χ0v) is 16.6. The Kier molecular flexibility index (Phi) is 4.64. The molecule has 3 heterocycles. The Bertz CT molecular complexity index is 414. The highest BCUT2D eigenvalue weighted by molar-refractivity contribution is 5.07. The van der Waals surface area contributed by atoms with Gasteiger partial charge in [0, 0.05) is 19.6 Å². The normalized spacial score (nSPS) is 36.8. The largest absolute Gasteiger partial charge is 0.306 e. The molecule has 2 bridgehead atoms. The number of hydrogen-bond donors (Lipinski definition) is 0. The summed E-state index contributed by atoms with van der Waals surface area (Å²) in [6.07, 6.45) is 7.20. The van der Waals surface area contributed by atoms with E-state index >= 15 is 0 Å². The topological polar surface area (TPSA) is 6.48 Å². The lowest BCUT2D eigenvalue weighted by Crippen LogP contribution is -2.61. The van der Waals surface area contributed by atoms with E-state index in [0.717, 1.165) is 11.8 Å². The van der Waals surface area contributed by atoms with E-state index < -0.39 is 0 Å². The van der Waals surface area contributed by atoms with Crippen LogP contribution in [0.2, 0.25) is 0 Å². The van der Waals surface area contributed by atoms with Gasteiger partial charge in [-0.15, -0.1) is 0 Å². The Morgan fingerprint density at radius 2 is 1.74 bits per heavy atom. The highest BCUT2D eigenvalue weighted by Crippen LogP contribution is 2.61. The molecule has 1 saturated carbocycles. The van der Waals surface area contributed by atoms with E-state index in [4.69, 9.17) is 0 Å². The molecule has 2 nitrogen and oxygen atoms in total. The van der Waals surface area contributed by atoms with Gasteiger partial charge in [0.05, 0.1) is 0 Å². The predicted octanol–water partition coefficient (Wildman–Crippen LogP) is 4.50. The minimum Gasteiger partial charge on any atom is -0.306 e. The van der Waals surface area contributed by atoms with Gasteiger partial charge in [0.15, 0.2) is 0 Å². The quantitative estimate of drug-likeness (QED) is 0.752. The van der Waals surface area contributed by atoms with E-state index in [1.54, 1.807) is 0 Å². The van der Waals surface area contributed by atoms with Crippen molar-refractivity contribution in [2.24, 2.45) is 28.1 Å². The van der Waals surface area contributed by atoms with Crippen molar-refractivity contribution in [3.05, 3.63) is 0 Å². The Balaban J connectivity index is 1.55. The standard InChI is InChI=1S/C21H40N2/c1-19(2,3)18-8-7-10-23(15-18)11-9-20(4,5)21-12-17(13-21)14-22(6)16-21/h17-18H,7-16H2,1-6H3. The van der Waals surface area contributed by atoms with Crippen molar-refractivity contribution in [2.75, 3.05) is 39.8 Å². The minimum atomic E-state index is 0.472. The monoisotopic (exact) mass is 320 g/mol. The number of fused-ring (bicyclic) bond motifs is 2. The zero-order chi connectivity index (χ0) is 16.9. The first kappa shape index (κ1) is 17.7. The number of hydrogen-bond acceptors (Lipinski definition) is 2. The summed E-state index contributed by atoms with van der Waals surface area (Å²) >= 11 is 0. The summed E-state index contributed by atoms with van der Waals surface area (Å²) in [5, 5.41) is 0. The van der Waals surface area contributed by atoms with Gasteiger partial charge in [0.1, 0.15) is 0 Å². The third-order valence-electron chi connectivity index (χ3n) is 7.72. The molecule has 1 aliphatic carbocycles. The third kappa shape index (κ3) is 3.49. The van der Waals surface area contributed by atoms with Crippen LogP contribution in [-0.2, 0) is 0 Å². The Hall–Kier alpha value is -0.0800. The van der Waals surface area contributed by atoms with E-state index in [0.29, 0.717) is 16.2 Å². The maximum atomic E-state index is 2.78. The first-order chi connectivity index (χ1) is 10.6. The molecule has 134 valence electrons. The third-order valence-corrected chi connectivity index (χ3v) is 7.72. The van der Waals surface area contributed by atoms with Crippen molar-refractivity contribution < 1.29 is 0 Å². The zero-order valence-electron chi connectivity index (χ0n) is 16.6. The second kappa shape index (κ2) is 6.02. The van der Waals surface area contributed by atoms with Crippen LogP contribution in [0, 0.1) is 28.1 Å². The van der Waals surface area contributed by atoms with Crippen LogP contribution in [0.25, 0.3) is 0 Å². The van der Waals surface area contributed by atoms with E-state index in [1.807, 2.05) is 0 Å². The second-order valence-electron chi connectivity index (χ2n) is 10.9. The van der Waals surface area contributed by atoms with Gasteiger partial charge in [-0.2, -0.15) is 0 Å². The molecule has 1 unspecified atom stereocenters. The molecule has 0 aromatic carbocycles. The summed E-state index contributed by atoms with van der Waals surface area (Å²) in [5.74, 6) is 1.87. The molecular weight excluding hydrogens is 280 g/mol. The lowest BCUT2D eigenvalue weighted by Gasteiger charge is -2.63. The van der Waals surface area contributed by atoms with Gasteiger partial charge in [-0.25, -0.2) is 0 Å². The fourth-order valence-electron chi connectivity index (χ4n) is 5.76. The molecular formula is C21H40N2. The summed E-state index contributed by atoms with van der Waals surface area (Å²) in [4.78, 5) is 5.37. The molecule has 1 atom stereocenters. The van der Waals surface area contributed by atoms with Gasteiger partial charge in [0.25, 0.3) is 0 Å². The summed E-state index contributed by atoms with van der Waals surface area (Å²) in [6.45, 7) is 19.1. The van der Waals surface area contributed by atoms with Crippen molar-refractivity contribution >= 4 is 0 Å². The molecule has 0 aromatic heterocycles. The number of piperidine rings is 3. The van der Waals surface area contributed by atoms with Crippen LogP contribution < -0.4 is 0 Å². The van der Waals surface area contributed by atoms with Crippen LogP contribution in [0.15, 0.2) is 0 Å². The molecule has 0 aromatic rings. The number of likely N-dealkylation sites (tertiary alicyclic amines) is 1. The number of rotatable bonds is 4. The van der Waals surface area contributed by atoms with Crippen LogP contribution >= 0.6 is 0 Å². The highest BCUT2D eigenvalue weighted by atomic mass is 15.1. The lowest BCUT2D eigenvalue weighted by molar-refractivity contribution is -0.133. The van der Waals surface area contributed by atoms with E-state index in [9.17, 15) is 0 Å². The first-order valence-corrected chi connectivity index (χ1v) is 10.0. The summed E-state index contributed by atoms with van der Waals surface area (Å²) in [7, 11) is 2.33. The molecule has 23 heavy (non-hydrogen) atoms. The molecule has 4 fully saturated rings. The van der Waals surface area contributed by atoms with Crippen LogP contribution in [0.5, 0.6) is 0 Å². The summed E-state index contributed by atoms with van der Waals surface area (Å²) in [6, 6.07) is 0. The van der Waals surface area contributed by atoms with Gasteiger partial charge in [-0.1, -0.05) is 34.6 Å². The van der Waals surface area contributed by atoms with Crippen molar-refractivity contribution in [1.29, 1.82) is 0 Å². The maximum absolute atomic E-state index is 2.78. The fraction of sp³-hybridized carbons (Fsp3) is 1.00. The van der Waals surface area contributed by atoms with Gasteiger partial charge >= 0.3 is 0 Å². The number of nitrogens with zero attached hydrogens (tertiary/aromatic N) is 2. The lowest BCUT2D eigenvalue weighted by atomic mass is 9.47. The van der Waals surface area contributed by atoms with Crippen LogP contribution in [0.3, 0.4) is 0 Å². The van der Waals surface area contributed by atoms with Gasteiger partial charge in [-0.3, -0.25) is 0 Å². The molecule has 0 radical (unpaired) electrons. The van der Waals surface area contributed by atoms with Gasteiger partial charge < -0.3 is 9.80 Å². The molecule has 4 aliphatic rings. The molecule has 4 rings (SSSR count). The summed E-state index contributed by atoms with van der Waals surface area (Å²) < 4.78 is 0. The Morgan fingerprint density at radius 1 is 1.04 bits per heavy atom. The molecule has 2 heteroatoms. The van der Waals surface area contributed by atoms with Gasteiger partial charge in [0.2, 0.25) is 0 Å². The fourth-order valence-corrected chi connectivity index (χ4v) is 5.76. The van der Waals surface area contributed by atoms with Crippen molar-refractivity contribution in [3.63, 3.8) is 0 Å². The second-order valence-corrected chi connectivity index (χ2v) is 10.9. The van der Waals surface area contributed by atoms with E-state index in [1.165, 1.54) is 64.8 Å². The minimum absolute atomic E-state index is 0.472. The molecule has 3 saturated heterocycles. The molecule has 3 aliphatic heterocycles. The smallest absolute Gasteiger partial charge is 0.00404 e. The van der Waals surface area contributed by atoms with Crippen LogP contribution in [0.4, 0.5) is 0 Å². The highest BCUT2D eigenvalue weighted by Gasteiger charge is 2.56. The molecule has 0 amide bonds. The van der Waals surface area contributed by atoms with E-state index in [2.05, 4.69) is 51.5 Å². The predicted molar refractivity (Wildman–Crippen MR) is 99.7 cm³/mol. The maximum Gasteiger partial charge on any atom is 0.00404 e. The average Bonchev–Trinajstić information content (AvgIpc) is 2.43. The van der Waals surface area contributed by atoms with Crippen LogP contribution in [0.1, 0.15) is 66.7 Å². The average molecular weight is 321 g/mol. The summed E-state index contributed by atoms with van der Waals surface area (Å²) in [5.41, 5.74) is 1.58. The van der Waals surface area contributed by atoms with Crippen LogP contribution in [-0.4, -0.2) is 49.6 Å². The molecule has 0 N–H and O–H groups in total. The SMILES string of the molecule is CN1CC2CC(C(C)(C)CCN3CCCC(C(C)(C)C)C3)(C2)C1. The first-order valence-electron chi connectivity index (χ1n) is 10.0. The Labute approximate surface area is 145 Å². The van der Waals surface area contributed by atoms with Crippen molar-refractivity contribution in [1.82, 2.24) is 9.80 Å². The van der Waals surface area contributed by atoms with Gasteiger partial charge in [-0.05, 0) is 80.3 Å². The molecule has 0 spiro atoms. The van der Waals surface area contributed by atoms with Crippen molar-refractivity contribution in [3.8, 4) is 0 Å². The van der Waals surface area contributed by atoms with Crippen molar-refractivity contribution in [2.45, 2.75) is 66.7 Å². The Morgan fingerprint density at radius 3 is 2.35 bits per heavy atom.